The van der Waals surface area contributed by atoms with Crippen molar-refractivity contribution in [2.24, 2.45) is 0 Å². The van der Waals surface area contributed by atoms with Gasteiger partial charge in [-0.25, -0.2) is 4.67 Å². The van der Waals surface area contributed by atoms with Gasteiger partial charge in [-0.15, -0.1) is 0 Å². The molecule has 0 aliphatic carbocycles. The Morgan fingerprint density at radius 2 is 2.00 bits per heavy atom. The molecular weight excluding hydrogens is 221 g/mol. The molecule has 16 heavy (non-hydrogen) atoms. The van der Waals surface area contributed by atoms with Crippen molar-refractivity contribution in [3.63, 3.8) is 0 Å². The Balaban J connectivity index is 2.30. The van der Waals surface area contributed by atoms with Crippen LogP contribution in [0.2, 0.25) is 0 Å². The van der Waals surface area contributed by atoms with E-state index in [0.29, 0.717) is 6.16 Å². The highest BCUT2D eigenvalue weighted by Gasteiger charge is 2.44. The van der Waals surface area contributed by atoms with Gasteiger partial charge >= 0.3 is 0 Å². The molecule has 0 radical (unpaired) electrons. The number of nitrogens with zero attached hydrogens (tertiary/aromatic N) is 1. The van der Waals surface area contributed by atoms with E-state index in [-0.39, 0.29) is 12.1 Å². The van der Waals surface area contributed by atoms with Crippen LogP contribution in [0.5, 0.6) is 0 Å². The molecule has 0 amide bonds. The smallest absolute Gasteiger partial charge is 0.272 e. The lowest BCUT2D eigenvalue weighted by molar-refractivity contribution is 0.210. The first-order chi connectivity index (χ1) is 7.58. The van der Waals surface area contributed by atoms with Crippen LogP contribution in [0.25, 0.3) is 0 Å². The summed E-state index contributed by atoms with van der Waals surface area (Å²) in [6.45, 7) is 3.98. The minimum atomic E-state index is -2.59. The third-order valence-electron chi connectivity index (χ3n) is 3.31. The lowest BCUT2D eigenvalue weighted by Gasteiger charge is -2.19. The zero-order chi connectivity index (χ0) is 11.8. The minimum Gasteiger partial charge on any atom is -0.308 e. The molecule has 1 aliphatic heterocycles. The number of likely N-dealkylation sites (N-methyl/N-ethyl adjacent to an activating group) is 1. The van der Waals surface area contributed by atoms with Gasteiger partial charge in [-0.1, -0.05) is 37.3 Å². The molecule has 2 rings (SSSR count). The van der Waals surface area contributed by atoms with Crippen LogP contribution in [0.1, 0.15) is 25.5 Å². The fourth-order valence-corrected chi connectivity index (χ4v) is 4.17. The topological polar surface area (TPSA) is 29.5 Å². The van der Waals surface area contributed by atoms with E-state index in [1.54, 1.807) is 0 Å². The number of benzene rings is 1. The van der Waals surface area contributed by atoms with Gasteiger partial charge in [-0.3, -0.25) is 4.57 Å². The molecular formula is C12H18NO2P. The fraction of sp³-hybridized carbons (Fsp3) is 0.500. The Bertz CT molecular complexity index is 407. The van der Waals surface area contributed by atoms with E-state index in [1.165, 1.54) is 0 Å². The number of rotatable bonds is 2. The van der Waals surface area contributed by atoms with E-state index in [9.17, 15) is 4.57 Å². The summed E-state index contributed by atoms with van der Waals surface area (Å²) in [6, 6.07) is 10.2. The van der Waals surface area contributed by atoms with E-state index < -0.39 is 7.52 Å². The van der Waals surface area contributed by atoms with Gasteiger partial charge in [0, 0.05) is 12.2 Å². The molecule has 0 N–H and O–H groups in total. The largest absolute Gasteiger partial charge is 0.308 e. The SMILES string of the molecule is CC[P@]1(=O)O[C@@H](c2ccccc2)[C@@H](C)N1C. The van der Waals surface area contributed by atoms with Crippen LogP contribution in [0, 0.1) is 0 Å². The zero-order valence-corrected chi connectivity index (χ0v) is 10.9. The van der Waals surface area contributed by atoms with Crippen molar-refractivity contribution in [1.29, 1.82) is 0 Å². The average Bonchev–Trinajstić information content (AvgIpc) is 2.56. The Morgan fingerprint density at radius 3 is 2.50 bits per heavy atom. The van der Waals surface area contributed by atoms with Crippen LogP contribution in [0.15, 0.2) is 30.3 Å². The minimum absolute atomic E-state index is 0.0722. The summed E-state index contributed by atoms with van der Waals surface area (Å²) in [5.41, 5.74) is 1.10. The van der Waals surface area contributed by atoms with Gasteiger partial charge in [-0.2, -0.15) is 0 Å². The van der Waals surface area contributed by atoms with E-state index in [4.69, 9.17) is 4.52 Å². The summed E-state index contributed by atoms with van der Waals surface area (Å²) in [7, 11) is -0.700. The molecule has 4 heteroatoms. The van der Waals surface area contributed by atoms with Gasteiger partial charge in [0.15, 0.2) is 0 Å². The van der Waals surface area contributed by atoms with E-state index in [0.717, 1.165) is 5.56 Å². The van der Waals surface area contributed by atoms with Crippen molar-refractivity contribution in [1.82, 2.24) is 4.67 Å². The predicted molar refractivity (Wildman–Crippen MR) is 65.6 cm³/mol. The predicted octanol–water partition coefficient (Wildman–Crippen LogP) is 3.29. The first kappa shape index (κ1) is 11.8. The normalized spacial score (nSPS) is 35.4. The maximum atomic E-state index is 12.4. The third kappa shape index (κ3) is 1.84. The molecule has 1 aromatic rings. The van der Waals surface area contributed by atoms with Gasteiger partial charge in [0.2, 0.25) is 0 Å². The third-order valence-corrected chi connectivity index (χ3v) is 6.00. The average molecular weight is 239 g/mol. The maximum absolute atomic E-state index is 12.4. The highest BCUT2D eigenvalue weighted by Crippen LogP contribution is 2.61. The second-order valence-corrected chi connectivity index (χ2v) is 6.95. The van der Waals surface area contributed by atoms with Crippen LogP contribution >= 0.6 is 7.52 Å². The van der Waals surface area contributed by atoms with Crippen LogP contribution in [0.3, 0.4) is 0 Å². The Labute approximate surface area is 96.9 Å². The van der Waals surface area contributed by atoms with Crippen molar-refractivity contribution in [3.8, 4) is 0 Å². The molecule has 3 nitrogen and oxygen atoms in total. The summed E-state index contributed by atoms with van der Waals surface area (Å²) in [5, 5.41) is 0. The fourth-order valence-electron chi connectivity index (χ4n) is 2.09. The van der Waals surface area contributed by atoms with Gasteiger partial charge in [-0.05, 0) is 19.5 Å². The first-order valence-electron chi connectivity index (χ1n) is 5.64. The molecule has 3 atom stereocenters. The summed E-state index contributed by atoms with van der Waals surface area (Å²) in [5.74, 6) is 0. The van der Waals surface area contributed by atoms with Crippen molar-refractivity contribution in [2.75, 3.05) is 13.2 Å². The first-order valence-corrected chi connectivity index (χ1v) is 7.40. The molecule has 1 saturated heterocycles. The number of hydrogen-bond donors (Lipinski definition) is 0. The molecule has 0 unspecified atom stereocenters. The van der Waals surface area contributed by atoms with Gasteiger partial charge in [0.25, 0.3) is 7.52 Å². The van der Waals surface area contributed by atoms with E-state index in [1.807, 2.05) is 49.0 Å². The van der Waals surface area contributed by atoms with Crippen molar-refractivity contribution < 1.29 is 9.09 Å². The molecule has 0 spiro atoms. The Morgan fingerprint density at radius 1 is 1.38 bits per heavy atom. The summed E-state index contributed by atoms with van der Waals surface area (Å²) in [4.78, 5) is 0. The van der Waals surface area contributed by atoms with Gasteiger partial charge in [0.1, 0.15) is 6.10 Å². The maximum Gasteiger partial charge on any atom is 0.272 e. The molecule has 0 aromatic heterocycles. The van der Waals surface area contributed by atoms with Crippen molar-refractivity contribution in [2.45, 2.75) is 26.0 Å². The monoisotopic (exact) mass is 239 g/mol. The number of hydrogen-bond acceptors (Lipinski definition) is 2. The van der Waals surface area contributed by atoms with Crippen molar-refractivity contribution in [3.05, 3.63) is 35.9 Å². The van der Waals surface area contributed by atoms with E-state index in [2.05, 4.69) is 6.92 Å². The molecule has 1 heterocycles. The summed E-state index contributed by atoms with van der Waals surface area (Å²) < 4.78 is 20.1. The Hall–Kier alpha value is -0.630. The van der Waals surface area contributed by atoms with Gasteiger partial charge < -0.3 is 4.52 Å². The van der Waals surface area contributed by atoms with Crippen LogP contribution in [-0.4, -0.2) is 23.9 Å². The second kappa shape index (κ2) is 4.33. The van der Waals surface area contributed by atoms with Crippen LogP contribution in [0.4, 0.5) is 0 Å². The van der Waals surface area contributed by atoms with Gasteiger partial charge in [0.05, 0.1) is 0 Å². The molecule has 0 bridgehead atoms. The van der Waals surface area contributed by atoms with Crippen molar-refractivity contribution >= 4 is 7.52 Å². The molecule has 1 aromatic carbocycles. The molecule has 1 fully saturated rings. The summed E-state index contributed by atoms with van der Waals surface area (Å²) in [6.07, 6.45) is 0.494. The van der Waals surface area contributed by atoms with Crippen LogP contribution < -0.4 is 0 Å². The lowest BCUT2D eigenvalue weighted by Crippen LogP contribution is -2.23. The Kier molecular flexibility index (Phi) is 3.20. The quantitative estimate of drug-likeness (QED) is 0.742. The molecule has 88 valence electrons. The molecule has 1 aliphatic rings. The lowest BCUT2D eigenvalue weighted by atomic mass is 10.0. The summed E-state index contributed by atoms with van der Waals surface area (Å²) >= 11 is 0. The highest BCUT2D eigenvalue weighted by atomic mass is 31.2. The second-order valence-electron chi connectivity index (χ2n) is 4.20. The highest BCUT2D eigenvalue weighted by molar-refractivity contribution is 7.56. The van der Waals surface area contributed by atoms with Crippen LogP contribution in [-0.2, 0) is 9.09 Å². The van der Waals surface area contributed by atoms with E-state index >= 15 is 0 Å². The molecule has 0 saturated carbocycles. The zero-order valence-electron chi connectivity index (χ0n) is 9.96. The standard InChI is InChI=1S/C12H18NO2P/c1-4-16(14)13(3)10(2)12(15-16)11-8-6-5-7-9-11/h5-10,12H,4H2,1-3H3/t10-,12-,16+/m1/s1.